The van der Waals surface area contributed by atoms with Gasteiger partial charge in [0.15, 0.2) is 0 Å². The molecule has 0 saturated heterocycles. The molecule has 0 heterocycles. The van der Waals surface area contributed by atoms with Crippen LogP contribution in [0.2, 0.25) is 0 Å². The topological polar surface area (TPSA) is 58.2 Å². The van der Waals surface area contributed by atoms with Gasteiger partial charge in [-0.25, -0.2) is 0 Å². The zero-order valence-electron chi connectivity index (χ0n) is 23.0. The van der Waals surface area contributed by atoms with Gasteiger partial charge in [-0.15, -0.1) is 0 Å². The van der Waals surface area contributed by atoms with Crippen molar-refractivity contribution in [1.29, 1.82) is 0 Å². The van der Waals surface area contributed by atoms with E-state index in [0.29, 0.717) is 12.8 Å². The molecule has 0 aromatic heterocycles. The number of rotatable bonds is 15. The van der Waals surface area contributed by atoms with Crippen molar-refractivity contribution in [2.45, 2.75) is 77.0 Å². The summed E-state index contributed by atoms with van der Waals surface area (Å²) in [6.07, 6.45) is 12.6. The highest BCUT2D eigenvalue weighted by Gasteiger charge is 2.07. The highest BCUT2D eigenvalue weighted by molar-refractivity contribution is 6.07. The summed E-state index contributed by atoms with van der Waals surface area (Å²) in [5, 5.41) is 10.7. The molecular formula is C35H41N2O2. The predicted octanol–water partition coefficient (Wildman–Crippen LogP) is 9.43. The molecule has 0 aliphatic heterocycles. The lowest BCUT2D eigenvalue weighted by molar-refractivity contribution is -0.117. The first-order chi connectivity index (χ1) is 19.1. The van der Waals surface area contributed by atoms with Crippen LogP contribution in [0.1, 0.15) is 82.6 Å². The van der Waals surface area contributed by atoms with Crippen LogP contribution < -0.4 is 10.6 Å². The number of hydrogen-bond acceptors (Lipinski definition) is 2. The Labute approximate surface area is 233 Å². The van der Waals surface area contributed by atoms with Crippen LogP contribution in [-0.4, -0.2) is 11.8 Å². The molecule has 2 amide bonds. The first-order valence-corrected chi connectivity index (χ1v) is 14.5. The summed E-state index contributed by atoms with van der Waals surface area (Å²) in [5.74, 6) is 0.187. The second kappa shape index (κ2) is 15.1. The Morgan fingerprint density at radius 3 is 1.67 bits per heavy atom. The van der Waals surface area contributed by atoms with E-state index in [-0.39, 0.29) is 11.8 Å². The molecule has 0 fully saturated rings. The lowest BCUT2D eigenvalue weighted by atomic mass is 10.0. The number of fused-ring (bicyclic) bond motifs is 2. The number of anilines is 2. The summed E-state index contributed by atoms with van der Waals surface area (Å²) in [6.45, 7) is 3.86. The number of carbonyl (C=O) groups is 2. The third kappa shape index (κ3) is 9.24. The van der Waals surface area contributed by atoms with Gasteiger partial charge in [-0.05, 0) is 71.8 Å². The minimum absolute atomic E-state index is 0.0891. The van der Waals surface area contributed by atoms with Crippen molar-refractivity contribution >= 4 is 44.7 Å². The quantitative estimate of drug-likeness (QED) is 0.121. The van der Waals surface area contributed by atoms with Crippen molar-refractivity contribution in [2.75, 3.05) is 10.6 Å². The van der Waals surface area contributed by atoms with E-state index in [4.69, 9.17) is 0 Å². The Morgan fingerprint density at radius 1 is 0.538 bits per heavy atom. The molecule has 0 saturated carbocycles. The van der Waals surface area contributed by atoms with Crippen LogP contribution >= 0.6 is 0 Å². The van der Waals surface area contributed by atoms with Crippen LogP contribution in [0.5, 0.6) is 0 Å². The van der Waals surface area contributed by atoms with E-state index in [1.807, 2.05) is 42.5 Å². The van der Waals surface area contributed by atoms with Crippen LogP contribution in [0.25, 0.3) is 21.5 Å². The third-order valence-electron chi connectivity index (χ3n) is 7.32. The van der Waals surface area contributed by atoms with Crippen molar-refractivity contribution < 1.29 is 9.59 Å². The fourth-order valence-electron chi connectivity index (χ4n) is 5.09. The molecule has 0 spiro atoms. The molecule has 203 valence electrons. The molecule has 0 bridgehead atoms. The highest BCUT2D eigenvalue weighted by Crippen LogP contribution is 2.28. The van der Waals surface area contributed by atoms with Crippen LogP contribution in [-0.2, 0) is 9.59 Å². The van der Waals surface area contributed by atoms with Gasteiger partial charge < -0.3 is 10.6 Å². The third-order valence-corrected chi connectivity index (χ3v) is 7.32. The summed E-state index contributed by atoms with van der Waals surface area (Å²) >= 11 is 0. The highest BCUT2D eigenvalue weighted by atomic mass is 16.2. The lowest BCUT2D eigenvalue weighted by Gasteiger charge is -2.10. The number of unbranched alkanes of at least 4 members (excludes halogenated alkanes) is 9. The molecular weight excluding hydrogens is 480 g/mol. The van der Waals surface area contributed by atoms with Gasteiger partial charge in [0.25, 0.3) is 0 Å². The van der Waals surface area contributed by atoms with Gasteiger partial charge in [-0.1, -0.05) is 99.9 Å². The second-order valence-corrected chi connectivity index (χ2v) is 10.6. The monoisotopic (exact) mass is 521 g/mol. The molecule has 1 radical (unpaired) electrons. The Balaban J connectivity index is 1.01. The smallest absolute Gasteiger partial charge is 0.224 e. The van der Waals surface area contributed by atoms with Crippen LogP contribution in [0.15, 0.2) is 78.9 Å². The average Bonchev–Trinajstić information content (AvgIpc) is 2.94. The fourth-order valence-corrected chi connectivity index (χ4v) is 5.09. The Morgan fingerprint density at radius 2 is 1.05 bits per heavy atom. The molecule has 0 aliphatic carbocycles. The zero-order chi connectivity index (χ0) is 27.3. The summed E-state index contributed by atoms with van der Waals surface area (Å²) in [7, 11) is 0. The van der Waals surface area contributed by atoms with Gasteiger partial charge in [0.1, 0.15) is 0 Å². The van der Waals surface area contributed by atoms with Gasteiger partial charge >= 0.3 is 0 Å². The van der Waals surface area contributed by atoms with Crippen molar-refractivity contribution in [1.82, 2.24) is 0 Å². The van der Waals surface area contributed by atoms with Gasteiger partial charge in [-0.2, -0.15) is 0 Å². The van der Waals surface area contributed by atoms with Crippen LogP contribution in [0.4, 0.5) is 11.4 Å². The van der Waals surface area contributed by atoms with E-state index >= 15 is 0 Å². The largest absolute Gasteiger partial charge is 0.326 e. The molecule has 4 aromatic carbocycles. The van der Waals surface area contributed by atoms with Crippen LogP contribution in [0, 0.1) is 6.92 Å². The zero-order valence-corrected chi connectivity index (χ0v) is 23.0. The van der Waals surface area contributed by atoms with E-state index in [2.05, 4.69) is 54.0 Å². The predicted molar refractivity (Wildman–Crippen MR) is 165 cm³/mol. The molecule has 39 heavy (non-hydrogen) atoms. The van der Waals surface area contributed by atoms with E-state index in [0.717, 1.165) is 53.4 Å². The summed E-state index contributed by atoms with van der Waals surface area (Å²) < 4.78 is 0. The number of carbonyl (C=O) groups excluding carboxylic acids is 2. The van der Waals surface area contributed by atoms with E-state index in [1.54, 1.807) is 0 Å². The molecule has 2 N–H and O–H groups in total. The van der Waals surface area contributed by atoms with Gasteiger partial charge in [0, 0.05) is 29.6 Å². The molecule has 4 nitrogen and oxygen atoms in total. The molecule has 0 aliphatic rings. The molecule has 0 atom stereocenters. The minimum atomic E-state index is 0.0891. The normalized spacial score (nSPS) is 11.1. The summed E-state index contributed by atoms with van der Waals surface area (Å²) in [6, 6.07) is 26.4. The van der Waals surface area contributed by atoms with Gasteiger partial charge in [-0.3, -0.25) is 9.59 Å². The van der Waals surface area contributed by atoms with E-state index in [1.165, 1.54) is 49.3 Å². The summed E-state index contributed by atoms with van der Waals surface area (Å²) in [4.78, 5) is 24.6. The fraction of sp³-hybridized carbons (Fsp3) is 0.343. The van der Waals surface area contributed by atoms with E-state index in [9.17, 15) is 9.59 Å². The Hall–Kier alpha value is -3.66. The number of nitrogens with one attached hydrogen (secondary N) is 2. The first-order valence-electron chi connectivity index (χ1n) is 14.5. The first kappa shape index (κ1) is 28.4. The number of hydrogen-bond donors (Lipinski definition) is 2. The lowest BCUT2D eigenvalue weighted by Crippen LogP contribution is -2.11. The Kier molecular flexibility index (Phi) is 10.9. The molecule has 0 unspecified atom stereocenters. The van der Waals surface area contributed by atoms with Crippen molar-refractivity contribution in [3.8, 4) is 0 Å². The number of benzene rings is 4. The minimum Gasteiger partial charge on any atom is -0.326 e. The standard InChI is InChI=1S/C35H41N2O2/c1-27-21-23-31(24-22-27)36-34(38)19-10-8-6-4-2-3-5-7-9-11-20-35(39)37-33-18-14-17-30-25-28-15-12-13-16-29(28)26-32(30)33/h12-18,21-26H,1-11,19-20H2,(H,36,38)(H,37,39). The maximum atomic E-state index is 12.6. The summed E-state index contributed by atoms with van der Waals surface area (Å²) in [5.41, 5.74) is 2.68. The second-order valence-electron chi connectivity index (χ2n) is 10.6. The average molecular weight is 522 g/mol. The van der Waals surface area contributed by atoms with Crippen molar-refractivity contribution in [3.63, 3.8) is 0 Å². The van der Waals surface area contributed by atoms with E-state index < -0.39 is 0 Å². The van der Waals surface area contributed by atoms with Crippen molar-refractivity contribution in [3.05, 3.63) is 91.3 Å². The molecule has 4 heteroatoms. The SMILES string of the molecule is [CH2]c1ccc(NC(=O)CCCCCCCCCCCCC(=O)Nc2cccc3cc4ccccc4cc23)cc1. The van der Waals surface area contributed by atoms with Crippen LogP contribution in [0.3, 0.4) is 0 Å². The molecule has 4 aromatic rings. The van der Waals surface area contributed by atoms with Gasteiger partial charge in [0.05, 0.1) is 0 Å². The maximum absolute atomic E-state index is 12.6. The Bertz CT molecular complexity index is 1360. The van der Waals surface area contributed by atoms with Gasteiger partial charge in [0.2, 0.25) is 11.8 Å². The van der Waals surface area contributed by atoms with Crippen molar-refractivity contribution in [2.24, 2.45) is 0 Å². The number of amides is 2. The molecule has 4 rings (SSSR count). The maximum Gasteiger partial charge on any atom is 0.224 e.